The van der Waals surface area contributed by atoms with E-state index in [4.69, 9.17) is 38.2 Å². The monoisotopic (exact) mass is 341 g/mol. The van der Waals surface area contributed by atoms with Crippen molar-refractivity contribution in [1.29, 1.82) is 0 Å². The summed E-state index contributed by atoms with van der Waals surface area (Å²) in [6, 6.07) is 2.56. The lowest BCUT2D eigenvalue weighted by molar-refractivity contribution is -0.137. The molecule has 0 unspecified atom stereocenters. The molecule has 1 rings (SSSR count). The van der Waals surface area contributed by atoms with E-state index in [9.17, 15) is 13.2 Å². The van der Waals surface area contributed by atoms with Crippen LogP contribution in [0.3, 0.4) is 0 Å². The summed E-state index contributed by atoms with van der Waals surface area (Å²) in [7, 11) is -3.95. The van der Waals surface area contributed by atoms with Gasteiger partial charge < -0.3 is 9.84 Å². The molecule has 6 nitrogen and oxygen atoms in total. The highest BCUT2D eigenvalue weighted by Gasteiger charge is 2.18. The number of ether oxygens (including phenoxy) is 1. The summed E-state index contributed by atoms with van der Waals surface area (Å²) in [6.07, 6.45) is 1.05. The van der Waals surface area contributed by atoms with Crippen LogP contribution < -0.4 is 9.88 Å². The van der Waals surface area contributed by atoms with Gasteiger partial charge in [0.25, 0.3) is 0 Å². The Bertz CT molecular complexity index is 603. The molecular weight excluding hydrogens is 329 g/mol. The first-order valence-corrected chi connectivity index (χ1v) is 7.89. The van der Waals surface area contributed by atoms with E-state index in [1.165, 1.54) is 12.1 Å². The van der Waals surface area contributed by atoms with Crippen molar-refractivity contribution in [2.45, 2.75) is 24.2 Å². The minimum absolute atomic E-state index is 0.0450. The number of aliphatic carboxylic acids is 1. The number of carboxylic acid groups (broad SMARTS) is 1. The zero-order valence-electron chi connectivity index (χ0n) is 10.3. The number of carboxylic acids is 1. The molecule has 9 heteroatoms. The molecule has 20 heavy (non-hydrogen) atoms. The van der Waals surface area contributed by atoms with Gasteiger partial charge in [-0.25, -0.2) is 13.6 Å². The molecular formula is C11H13Cl2NO5S. The number of nitrogens with two attached hydrogens (primary N) is 1. The van der Waals surface area contributed by atoms with Gasteiger partial charge in [0.05, 0.1) is 11.6 Å². The number of unbranched alkanes of at least 4 members (excludes halogenated alkanes) is 1. The van der Waals surface area contributed by atoms with Crippen LogP contribution in [0.15, 0.2) is 17.0 Å². The molecule has 0 saturated heterocycles. The fourth-order valence-electron chi connectivity index (χ4n) is 1.41. The second-order valence-corrected chi connectivity index (χ2v) is 6.22. The Labute approximate surface area is 126 Å². The predicted molar refractivity (Wildman–Crippen MR) is 74.8 cm³/mol. The van der Waals surface area contributed by atoms with Gasteiger partial charge in [-0.2, -0.15) is 0 Å². The summed E-state index contributed by atoms with van der Waals surface area (Å²) in [6.45, 7) is 0.248. The third-order valence-electron chi connectivity index (χ3n) is 2.36. The smallest absolute Gasteiger partial charge is 0.303 e. The molecule has 0 atom stereocenters. The summed E-state index contributed by atoms with van der Waals surface area (Å²) >= 11 is 11.7. The van der Waals surface area contributed by atoms with Crippen LogP contribution in [0.5, 0.6) is 5.75 Å². The van der Waals surface area contributed by atoms with Crippen molar-refractivity contribution in [3.63, 3.8) is 0 Å². The molecule has 0 saturated carbocycles. The van der Waals surface area contributed by atoms with Gasteiger partial charge in [-0.05, 0) is 25.0 Å². The lowest BCUT2D eigenvalue weighted by Crippen LogP contribution is -2.13. The lowest BCUT2D eigenvalue weighted by Gasteiger charge is -2.10. The maximum Gasteiger partial charge on any atom is 0.303 e. The van der Waals surface area contributed by atoms with Crippen LogP contribution in [0.25, 0.3) is 0 Å². The topological polar surface area (TPSA) is 107 Å². The molecule has 0 fully saturated rings. The van der Waals surface area contributed by atoms with E-state index in [0.29, 0.717) is 12.8 Å². The molecule has 0 aliphatic carbocycles. The average molecular weight is 342 g/mol. The number of carbonyl (C=O) groups is 1. The van der Waals surface area contributed by atoms with Crippen molar-refractivity contribution in [3.8, 4) is 5.75 Å². The van der Waals surface area contributed by atoms with Crippen molar-refractivity contribution >= 4 is 39.2 Å². The molecule has 0 aliphatic rings. The Hall–Kier alpha value is -1.02. The van der Waals surface area contributed by atoms with E-state index in [1.807, 2.05) is 0 Å². The van der Waals surface area contributed by atoms with E-state index >= 15 is 0 Å². The number of halogens is 2. The molecule has 3 N–H and O–H groups in total. The second kappa shape index (κ2) is 7.12. The fraction of sp³-hybridized carbons (Fsp3) is 0.364. The molecule has 0 spiro atoms. The van der Waals surface area contributed by atoms with Crippen LogP contribution in [0.2, 0.25) is 10.0 Å². The third kappa shape index (κ3) is 4.82. The summed E-state index contributed by atoms with van der Waals surface area (Å²) in [5, 5.41) is 13.2. The summed E-state index contributed by atoms with van der Waals surface area (Å²) in [4.78, 5) is 10.0. The minimum atomic E-state index is -3.95. The first-order chi connectivity index (χ1) is 9.23. The van der Waals surface area contributed by atoms with Crippen LogP contribution in [0.1, 0.15) is 19.3 Å². The third-order valence-corrected chi connectivity index (χ3v) is 4.29. The van der Waals surface area contributed by atoms with Gasteiger partial charge in [0.15, 0.2) is 0 Å². The van der Waals surface area contributed by atoms with Gasteiger partial charge in [-0.15, -0.1) is 0 Å². The number of hydrogen-bond donors (Lipinski definition) is 2. The maximum atomic E-state index is 11.2. The molecule has 0 amide bonds. The Balaban J connectivity index is 2.69. The average Bonchev–Trinajstić information content (AvgIpc) is 2.32. The molecule has 0 aromatic heterocycles. The number of hydrogen-bond acceptors (Lipinski definition) is 4. The largest absolute Gasteiger partial charge is 0.492 e. The standard InChI is InChI=1S/C11H13Cl2NO5S/c12-10-7(19-6-2-1-3-9(15)16)4-5-8(11(10)13)20(14,17)18/h4-5H,1-3,6H2,(H,15,16)(H2,14,17,18). The van der Waals surface area contributed by atoms with Gasteiger partial charge in [0.1, 0.15) is 15.7 Å². The van der Waals surface area contributed by atoms with E-state index in [2.05, 4.69) is 0 Å². The molecule has 0 heterocycles. The first-order valence-electron chi connectivity index (χ1n) is 5.59. The van der Waals surface area contributed by atoms with Crippen LogP contribution in [-0.2, 0) is 14.8 Å². The quantitative estimate of drug-likeness (QED) is 0.739. The number of benzene rings is 1. The molecule has 0 bridgehead atoms. The van der Waals surface area contributed by atoms with Gasteiger partial charge >= 0.3 is 5.97 Å². The molecule has 1 aromatic carbocycles. The van der Waals surface area contributed by atoms with E-state index in [-0.39, 0.29) is 33.7 Å². The van der Waals surface area contributed by atoms with Crippen LogP contribution in [0, 0.1) is 0 Å². The highest BCUT2D eigenvalue weighted by Crippen LogP contribution is 2.36. The Morgan fingerprint density at radius 3 is 2.45 bits per heavy atom. The second-order valence-electron chi connectivity index (χ2n) is 3.93. The van der Waals surface area contributed by atoms with Crippen molar-refractivity contribution < 1.29 is 23.1 Å². The van der Waals surface area contributed by atoms with Crippen molar-refractivity contribution in [2.24, 2.45) is 5.14 Å². The summed E-state index contributed by atoms with van der Waals surface area (Å²) < 4.78 is 27.8. The van der Waals surface area contributed by atoms with Crippen LogP contribution >= 0.6 is 23.2 Å². The predicted octanol–water partition coefficient (Wildman–Crippen LogP) is 2.27. The Morgan fingerprint density at radius 2 is 1.90 bits per heavy atom. The summed E-state index contributed by atoms with van der Waals surface area (Å²) in [5.74, 6) is -0.650. The zero-order chi connectivity index (χ0) is 15.3. The van der Waals surface area contributed by atoms with Crippen molar-refractivity contribution in [2.75, 3.05) is 6.61 Å². The lowest BCUT2D eigenvalue weighted by atomic mass is 10.2. The zero-order valence-corrected chi connectivity index (χ0v) is 12.6. The maximum absolute atomic E-state index is 11.2. The number of rotatable bonds is 7. The van der Waals surface area contributed by atoms with Crippen LogP contribution in [0.4, 0.5) is 0 Å². The molecule has 1 aromatic rings. The first kappa shape index (κ1) is 17.0. The highest BCUT2D eigenvalue weighted by atomic mass is 35.5. The molecule has 0 radical (unpaired) electrons. The molecule has 112 valence electrons. The van der Waals surface area contributed by atoms with Crippen LogP contribution in [-0.4, -0.2) is 26.1 Å². The Morgan fingerprint density at radius 1 is 1.25 bits per heavy atom. The SMILES string of the molecule is NS(=O)(=O)c1ccc(OCCCCC(=O)O)c(Cl)c1Cl. The minimum Gasteiger partial charge on any atom is -0.492 e. The van der Waals surface area contributed by atoms with E-state index in [1.54, 1.807) is 0 Å². The van der Waals surface area contributed by atoms with Crippen molar-refractivity contribution in [3.05, 3.63) is 22.2 Å². The van der Waals surface area contributed by atoms with E-state index < -0.39 is 16.0 Å². The van der Waals surface area contributed by atoms with Gasteiger partial charge in [0.2, 0.25) is 10.0 Å². The number of sulfonamides is 1. The molecule has 0 aliphatic heterocycles. The van der Waals surface area contributed by atoms with Gasteiger partial charge in [-0.1, -0.05) is 23.2 Å². The Kier molecular flexibility index (Phi) is 6.07. The van der Waals surface area contributed by atoms with Gasteiger partial charge in [0, 0.05) is 6.42 Å². The van der Waals surface area contributed by atoms with Gasteiger partial charge in [-0.3, -0.25) is 4.79 Å². The highest BCUT2D eigenvalue weighted by molar-refractivity contribution is 7.89. The number of primary sulfonamides is 1. The van der Waals surface area contributed by atoms with Crippen molar-refractivity contribution in [1.82, 2.24) is 0 Å². The fourth-order valence-corrected chi connectivity index (χ4v) is 2.77. The van der Waals surface area contributed by atoms with E-state index in [0.717, 1.165) is 0 Å². The summed E-state index contributed by atoms with van der Waals surface area (Å²) in [5.41, 5.74) is 0. The normalized spacial score (nSPS) is 11.3.